The third kappa shape index (κ3) is 6.16. The van der Waals surface area contributed by atoms with Gasteiger partial charge in [0.15, 0.2) is 5.16 Å². The number of methoxy groups -OCH3 is 1. The number of rotatable bonds is 9. The molecule has 0 spiro atoms. The van der Waals surface area contributed by atoms with E-state index in [0.717, 1.165) is 5.56 Å². The van der Waals surface area contributed by atoms with Gasteiger partial charge >= 0.3 is 5.97 Å². The summed E-state index contributed by atoms with van der Waals surface area (Å²) in [6.45, 7) is 0.419. The number of hydrogen-bond acceptors (Lipinski definition) is 7. The molecule has 8 nitrogen and oxygen atoms in total. The number of fused-ring (bicyclic) bond motifs is 1. The minimum absolute atomic E-state index is 0.145. The van der Waals surface area contributed by atoms with Crippen LogP contribution < -0.4 is 10.7 Å². The van der Waals surface area contributed by atoms with E-state index in [2.05, 4.69) is 4.98 Å². The number of carbonyl (C=O) groups is 1. The summed E-state index contributed by atoms with van der Waals surface area (Å²) >= 11 is 1.29. The van der Waals surface area contributed by atoms with Crippen molar-refractivity contribution in [2.45, 2.75) is 24.5 Å². The van der Waals surface area contributed by atoms with Crippen LogP contribution in [-0.4, -0.2) is 42.6 Å². The lowest BCUT2D eigenvalue weighted by Crippen LogP contribution is -2.25. The van der Waals surface area contributed by atoms with E-state index in [-0.39, 0.29) is 11.3 Å². The lowest BCUT2D eigenvalue weighted by molar-refractivity contribution is 0.0601. The topological polar surface area (TPSA) is 121 Å². The van der Waals surface area contributed by atoms with Gasteiger partial charge in [0.1, 0.15) is 0 Å². The van der Waals surface area contributed by atoms with Gasteiger partial charge in [0.2, 0.25) is 10.0 Å². The monoisotopic (exact) mass is 461 g/mol. The second-order valence-corrected chi connectivity index (χ2v) is 9.68. The van der Waals surface area contributed by atoms with Crippen molar-refractivity contribution >= 4 is 38.7 Å². The summed E-state index contributed by atoms with van der Waals surface area (Å²) in [5.41, 5.74) is 1.55. The fraction of sp³-hybridized carbons (Fsp3) is 0.286. The molecule has 0 radical (unpaired) electrons. The first-order valence-corrected chi connectivity index (χ1v) is 12.3. The van der Waals surface area contributed by atoms with Crippen molar-refractivity contribution in [1.29, 1.82) is 0 Å². The summed E-state index contributed by atoms with van der Waals surface area (Å²) in [5, 5.41) is 5.92. The van der Waals surface area contributed by atoms with Crippen molar-refractivity contribution in [3.8, 4) is 0 Å². The molecule has 10 heteroatoms. The Morgan fingerprint density at radius 1 is 1.19 bits per heavy atom. The Bertz CT molecular complexity index is 1240. The molecule has 31 heavy (non-hydrogen) atoms. The van der Waals surface area contributed by atoms with Crippen LogP contribution in [0.5, 0.6) is 0 Å². The lowest BCUT2D eigenvalue weighted by atomic mass is 10.1. The Morgan fingerprint density at radius 3 is 2.61 bits per heavy atom. The largest absolute Gasteiger partial charge is 0.465 e. The number of hydrogen-bond donors (Lipinski definition) is 1. The van der Waals surface area contributed by atoms with Crippen molar-refractivity contribution < 1.29 is 17.9 Å². The normalized spacial score (nSPS) is 11.5. The van der Waals surface area contributed by atoms with Crippen LogP contribution in [0, 0.1) is 0 Å². The molecule has 0 atom stereocenters. The number of ether oxygens (including phenoxy) is 1. The Kier molecular flexibility index (Phi) is 7.47. The van der Waals surface area contributed by atoms with Crippen molar-refractivity contribution in [2.24, 2.45) is 5.14 Å². The molecule has 1 heterocycles. The maximum atomic E-state index is 13.2. The summed E-state index contributed by atoms with van der Waals surface area (Å²) < 4.78 is 28.7. The maximum Gasteiger partial charge on any atom is 0.337 e. The Balaban J connectivity index is 1.95. The molecule has 0 aliphatic heterocycles. The molecule has 2 N–H and O–H groups in total. The summed E-state index contributed by atoms with van der Waals surface area (Å²) in [4.78, 5) is 29.6. The highest BCUT2D eigenvalue weighted by Crippen LogP contribution is 2.20. The van der Waals surface area contributed by atoms with E-state index < -0.39 is 16.0 Å². The Hall–Kier alpha value is -2.69. The minimum atomic E-state index is -3.55. The van der Waals surface area contributed by atoms with Gasteiger partial charge in [-0.3, -0.25) is 9.36 Å². The Morgan fingerprint density at radius 2 is 1.94 bits per heavy atom. The Labute approximate surface area is 184 Å². The number of nitrogens with two attached hydrogens (primary N) is 1. The van der Waals surface area contributed by atoms with Crippen molar-refractivity contribution in [3.63, 3.8) is 0 Å². The van der Waals surface area contributed by atoms with Gasteiger partial charge in [-0.2, -0.15) is 0 Å². The highest BCUT2D eigenvalue weighted by Gasteiger charge is 2.15. The number of carbonyl (C=O) groups excluding carboxylic acids is 1. The summed E-state index contributed by atoms with van der Waals surface area (Å²) in [6, 6.07) is 14.4. The summed E-state index contributed by atoms with van der Waals surface area (Å²) in [6.07, 6.45) is 0.969. The van der Waals surface area contributed by atoms with Gasteiger partial charge in [-0.25, -0.2) is 23.3 Å². The molecule has 3 aromatic rings. The summed E-state index contributed by atoms with van der Waals surface area (Å²) in [5.74, 6) is -0.232. The van der Waals surface area contributed by atoms with Crippen molar-refractivity contribution in [2.75, 3.05) is 18.6 Å². The molecule has 1 aromatic heterocycles. The third-order valence-electron chi connectivity index (χ3n) is 4.61. The molecule has 164 valence electrons. The predicted molar refractivity (Wildman–Crippen MR) is 121 cm³/mol. The second-order valence-electron chi connectivity index (χ2n) is 6.88. The average Bonchev–Trinajstić information content (AvgIpc) is 2.75. The van der Waals surface area contributed by atoms with E-state index in [1.807, 2.05) is 30.3 Å². The number of thioether (sulfide) groups is 1. The molecule has 2 aromatic carbocycles. The molecule has 0 unspecified atom stereocenters. The highest BCUT2D eigenvalue weighted by molar-refractivity contribution is 7.99. The number of esters is 1. The van der Waals surface area contributed by atoms with Crippen molar-refractivity contribution in [3.05, 3.63) is 70.0 Å². The van der Waals surface area contributed by atoms with Crippen LogP contribution in [0.1, 0.15) is 22.3 Å². The van der Waals surface area contributed by atoms with E-state index in [9.17, 15) is 18.0 Å². The molecular weight excluding hydrogens is 438 g/mol. The molecule has 0 aliphatic rings. The zero-order valence-electron chi connectivity index (χ0n) is 17.0. The van der Waals surface area contributed by atoms with E-state index >= 15 is 0 Å². The lowest BCUT2D eigenvalue weighted by Gasteiger charge is -2.13. The van der Waals surface area contributed by atoms with E-state index in [1.54, 1.807) is 10.6 Å². The van der Waals surface area contributed by atoms with Gasteiger partial charge < -0.3 is 4.74 Å². The molecule has 0 saturated heterocycles. The molecule has 0 bridgehead atoms. The molecule has 0 fully saturated rings. The number of nitrogens with zero attached hydrogens (tertiary/aromatic N) is 2. The SMILES string of the molecule is COC(=O)c1ccc2c(=O)n(CCc3ccccc3)c(SCCCS(N)(=O)=O)nc2c1. The fourth-order valence-electron chi connectivity index (χ4n) is 3.06. The van der Waals surface area contributed by atoms with Gasteiger partial charge in [0.25, 0.3) is 5.56 Å². The molecular formula is C21H23N3O5S2. The number of primary sulfonamides is 1. The van der Waals surface area contributed by atoms with Gasteiger partial charge in [0, 0.05) is 12.3 Å². The van der Waals surface area contributed by atoms with E-state index in [1.165, 1.54) is 31.0 Å². The van der Waals surface area contributed by atoms with E-state index in [4.69, 9.17) is 9.88 Å². The maximum absolute atomic E-state index is 13.2. The first-order chi connectivity index (χ1) is 14.8. The first-order valence-electron chi connectivity index (χ1n) is 9.58. The quantitative estimate of drug-likeness (QED) is 0.224. The average molecular weight is 462 g/mol. The molecule has 3 rings (SSSR count). The zero-order chi connectivity index (χ0) is 22.4. The van der Waals surface area contributed by atoms with Crippen LogP contribution in [0.2, 0.25) is 0 Å². The number of sulfonamides is 1. The van der Waals surface area contributed by atoms with Crippen LogP contribution in [0.4, 0.5) is 0 Å². The number of aryl methyl sites for hydroxylation is 1. The number of benzene rings is 2. The predicted octanol–water partition coefficient (Wildman–Crippen LogP) is 2.20. The van der Waals surface area contributed by atoms with Gasteiger partial charge in [-0.15, -0.1) is 0 Å². The first kappa shape index (κ1) is 23.0. The van der Waals surface area contributed by atoms with E-state index in [0.29, 0.717) is 46.8 Å². The molecule has 0 amide bonds. The van der Waals surface area contributed by atoms with Crippen LogP contribution >= 0.6 is 11.8 Å². The van der Waals surface area contributed by atoms with Gasteiger partial charge in [0.05, 0.1) is 29.3 Å². The van der Waals surface area contributed by atoms with Gasteiger partial charge in [-0.1, -0.05) is 42.1 Å². The minimum Gasteiger partial charge on any atom is -0.465 e. The fourth-order valence-corrected chi connectivity index (χ4v) is 4.76. The zero-order valence-corrected chi connectivity index (χ0v) is 18.6. The second kappa shape index (κ2) is 10.1. The number of aromatic nitrogens is 2. The summed E-state index contributed by atoms with van der Waals surface area (Å²) in [7, 11) is -2.26. The van der Waals surface area contributed by atoms with Crippen LogP contribution in [0.25, 0.3) is 10.9 Å². The van der Waals surface area contributed by atoms with Gasteiger partial charge in [-0.05, 0) is 36.6 Å². The highest BCUT2D eigenvalue weighted by atomic mass is 32.2. The smallest absolute Gasteiger partial charge is 0.337 e. The molecule has 0 saturated carbocycles. The van der Waals surface area contributed by atoms with Crippen molar-refractivity contribution in [1.82, 2.24) is 9.55 Å². The van der Waals surface area contributed by atoms with Crippen LogP contribution in [0.3, 0.4) is 0 Å². The molecule has 0 aliphatic carbocycles. The van der Waals surface area contributed by atoms with Crippen LogP contribution in [0.15, 0.2) is 58.5 Å². The standard InChI is InChI=1S/C21H23N3O5S2/c1-29-20(26)16-8-9-17-18(14-16)23-21(30-12-5-13-31(22,27)28)24(19(17)25)11-10-15-6-3-2-4-7-15/h2-4,6-9,14H,5,10-13H2,1H3,(H2,22,27,28). The van der Waals surface area contributed by atoms with Crippen LogP contribution in [-0.2, 0) is 27.7 Å². The third-order valence-corrected chi connectivity index (χ3v) is 6.53.